The van der Waals surface area contributed by atoms with Crippen molar-refractivity contribution in [1.82, 2.24) is 10.6 Å². The number of amides is 1. The molecule has 0 aliphatic rings. The molecule has 3 N–H and O–H groups in total. The van der Waals surface area contributed by atoms with E-state index in [-0.39, 0.29) is 17.9 Å². The van der Waals surface area contributed by atoms with E-state index in [1.165, 1.54) is 11.1 Å². The van der Waals surface area contributed by atoms with Gasteiger partial charge in [-0.25, -0.2) is 0 Å². The average Bonchev–Trinajstić information content (AvgIpc) is 2.79. The van der Waals surface area contributed by atoms with Gasteiger partial charge in [0, 0.05) is 19.6 Å². The lowest BCUT2D eigenvalue weighted by Gasteiger charge is -2.20. The van der Waals surface area contributed by atoms with Crippen LogP contribution >= 0.6 is 0 Å². The Balaban J connectivity index is 1.53. The number of rotatable bonds is 9. The lowest BCUT2D eigenvalue weighted by Crippen LogP contribution is -2.40. The normalized spacial score (nSPS) is 12.5. The van der Waals surface area contributed by atoms with Gasteiger partial charge in [-0.1, -0.05) is 106 Å². The van der Waals surface area contributed by atoms with Crippen molar-refractivity contribution in [3.8, 4) is 0 Å². The van der Waals surface area contributed by atoms with Crippen LogP contribution in [0.25, 0.3) is 0 Å². The van der Waals surface area contributed by atoms with Crippen molar-refractivity contribution in [2.24, 2.45) is 0 Å². The van der Waals surface area contributed by atoms with Gasteiger partial charge >= 0.3 is 0 Å². The van der Waals surface area contributed by atoms with Crippen LogP contribution in [0.4, 0.5) is 0 Å². The maximum absolute atomic E-state index is 13.0. The third kappa shape index (κ3) is 6.78. The molecule has 32 heavy (non-hydrogen) atoms. The van der Waals surface area contributed by atoms with Crippen molar-refractivity contribution in [2.45, 2.75) is 44.8 Å². The van der Waals surface area contributed by atoms with Gasteiger partial charge < -0.3 is 15.7 Å². The molecule has 3 rings (SSSR count). The minimum atomic E-state index is -0.669. The summed E-state index contributed by atoms with van der Waals surface area (Å²) in [7, 11) is 0. The fourth-order valence-corrected chi connectivity index (χ4v) is 3.71. The predicted molar refractivity (Wildman–Crippen MR) is 131 cm³/mol. The first-order valence-corrected chi connectivity index (χ1v) is 11.2. The van der Waals surface area contributed by atoms with E-state index in [0.29, 0.717) is 13.1 Å². The second-order valence-corrected chi connectivity index (χ2v) is 9.23. The summed E-state index contributed by atoms with van der Waals surface area (Å²) >= 11 is 0. The maximum atomic E-state index is 13.0. The lowest BCUT2D eigenvalue weighted by atomic mass is 9.86. The minimum Gasteiger partial charge on any atom is -0.390 e. The van der Waals surface area contributed by atoms with E-state index in [1.54, 1.807) is 0 Å². The van der Waals surface area contributed by atoms with E-state index in [9.17, 15) is 9.90 Å². The fourth-order valence-electron chi connectivity index (χ4n) is 3.71. The van der Waals surface area contributed by atoms with Crippen LogP contribution in [0.15, 0.2) is 84.9 Å². The molecule has 0 aromatic heterocycles. The van der Waals surface area contributed by atoms with Gasteiger partial charge in [-0.3, -0.25) is 4.79 Å². The van der Waals surface area contributed by atoms with Crippen molar-refractivity contribution >= 4 is 5.91 Å². The highest BCUT2D eigenvalue weighted by Crippen LogP contribution is 2.25. The Morgan fingerprint density at radius 3 is 2.00 bits per heavy atom. The monoisotopic (exact) mass is 430 g/mol. The van der Waals surface area contributed by atoms with Gasteiger partial charge in [-0.05, 0) is 27.7 Å². The van der Waals surface area contributed by atoms with Crippen molar-refractivity contribution in [2.75, 3.05) is 13.1 Å². The Morgan fingerprint density at radius 1 is 0.844 bits per heavy atom. The Labute approximate surface area is 191 Å². The smallest absolute Gasteiger partial charge is 0.232 e. The first-order valence-electron chi connectivity index (χ1n) is 11.2. The molecule has 4 heteroatoms. The molecule has 1 amide bonds. The summed E-state index contributed by atoms with van der Waals surface area (Å²) in [5.74, 6) is -0.517. The van der Waals surface area contributed by atoms with Crippen LogP contribution in [0.3, 0.4) is 0 Å². The molecule has 0 fully saturated rings. The Bertz CT molecular complexity index is 942. The number of benzene rings is 3. The van der Waals surface area contributed by atoms with Gasteiger partial charge in [0.1, 0.15) is 0 Å². The van der Waals surface area contributed by atoms with Crippen molar-refractivity contribution in [1.29, 1.82) is 0 Å². The van der Waals surface area contributed by atoms with E-state index in [4.69, 9.17) is 0 Å². The van der Waals surface area contributed by atoms with E-state index >= 15 is 0 Å². The SMILES string of the molecule is CC(C)(C)c1cccc(CNCC(O)CNC(=O)C(c2ccccc2)c2ccccc2)c1. The molecule has 0 heterocycles. The summed E-state index contributed by atoms with van der Waals surface area (Å²) in [6, 6.07) is 28.0. The van der Waals surface area contributed by atoms with Crippen LogP contribution in [0, 0.1) is 0 Å². The summed E-state index contributed by atoms with van der Waals surface area (Å²) < 4.78 is 0. The van der Waals surface area contributed by atoms with E-state index in [0.717, 1.165) is 11.1 Å². The molecule has 3 aromatic rings. The molecule has 0 aliphatic carbocycles. The summed E-state index contributed by atoms with van der Waals surface area (Å²) in [4.78, 5) is 13.0. The number of nitrogens with one attached hydrogen (secondary N) is 2. The summed E-state index contributed by atoms with van der Waals surface area (Å²) in [6.07, 6.45) is -0.669. The summed E-state index contributed by atoms with van der Waals surface area (Å²) in [5, 5.41) is 16.6. The Kier molecular flexibility index (Phi) is 8.20. The largest absolute Gasteiger partial charge is 0.390 e. The first-order chi connectivity index (χ1) is 15.3. The highest BCUT2D eigenvalue weighted by molar-refractivity contribution is 5.87. The topological polar surface area (TPSA) is 61.4 Å². The van der Waals surface area contributed by atoms with Crippen LogP contribution in [-0.4, -0.2) is 30.2 Å². The Morgan fingerprint density at radius 2 is 1.44 bits per heavy atom. The third-order valence-electron chi connectivity index (χ3n) is 5.54. The van der Waals surface area contributed by atoms with Crippen molar-refractivity contribution in [3.05, 3.63) is 107 Å². The van der Waals surface area contributed by atoms with Crippen LogP contribution in [-0.2, 0) is 16.8 Å². The van der Waals surface area contributed by atoms with E-state index in [1.807, 2.05) is 60.7 Å². The second kappa shape index (κ2) is 11.1. The summed E-state index contributed by atoms with van der Waals surface area (Å²) in [5.41, 5.74) is 4.44. The van der Waals surface area contributed by atoms with Gasteiger partial charge in [-0.2, -0.15) is 0 Å². The van der Waals surface area contributed by atoms with E-state index < -0.39 is 12.0 Å². The zero-order valence-electron chi connectivity index (χ0n) is 19.2. The molecule has 0 radical (unpaired) electrons. The van der Waals surface area contributed by atoms with Gasteiger partial charge in [0.25, 0.3) is 0 Å². The molecule has 0 bridgehead atoms. The van der Waals surface area contributed by atoms with Crippen LogP contribution in [0.1, 0.15) is 48.9 Å². The zero-order chi connectivity index (χ0) is 23.0. The number of aliphatic hydroxyl groups excluding tert-OH is 1. The molecule has 3 aromatic carbocycles. The number of hydrogen-bond acceptors (Lipinski definition) is 3. The first kappa shape index (κ1) is 23.7. The maximum Gasteiger partial charge on any atom is 0.232 e. The molecular formula is C28H34N2O2. The van der Waals surface area contributed by atoms with Crippen molar-refractivity contribution in [3.63, 3.8) is 0 Å². The van der Waals surface area contributed by atoms with Gasteiger partial charge in [0.2, 0.25) is 5.91 Å². The molecule has 0 saturated heterocycles. The van der Waals surface area contributed by atoms with Crippen LogP contribution in [0.5, 0.6) is 0 Å². The molecule has 4 nitrogen and oxygen atoms in total. The van der Waals surface area contributed by atoms with Gasteiger partial charge in [0.05, 0.1) is 12.0 Å². The van der Waals surface area contributed by atoms with Gasteiger partial charge in [0.15, 0.2) is 0 Å². The third-order valence-corrected chi connectivity index (χ3v) is 5.54. The molecular weight excluding hydrogens is 396 g/mol. The molecule has 168 valence electrons. The average molecular weight is 431 g/mol. The quantitative estimate of drug-likeness (QED) is 0.472. The van der Waals surface area contributed by atoms with Gasteiger partial charge in [-0.15, -0.1) is 0 Å². The number of carbonyl (C=O) groups is 1. The molecule has 0 saturated carbocycles. The fraction of sp³-hybridized carbons (Fsp3) is 0.321. The molecule has 1 atom stereocenters. The van der Waals surface area contributed by atoms with Crippen LogP contribution in [0.2, 0.25) is 0 Å². The highest BCUT2D eigenvalue weighted by Gasteiger charge is 2.22. The number of aliphatic hydroxyl groups is 1. The number of hydrogen-bond donors (Lipinski definition) is 3. The molecule has 1 unspecified atom stereocenters. The van der Waals surface area contributed by atoms with Crippen LogP contribution < -0.4 is 10.6 Å². The zero-order valence-corrected chi connectivity index (χ0v) is 19.2. The highest BCUT2D eigenvalue weighted by atomic mass is 16.3. The predicted octanol–water partition coefficient (Wildman–Crippen LogP) is 4.38. The number of carbonyl (C=O) groups excluding carboxylic acids is 1. The minimum absolute atomic E-state index is 0.105. The van der Waals surface area contributed by atoms with Crippen molar-refractivity contribution < 1.29 is 9.90 Å². The molecule has 0 aliphatic heterocycles. The van der Waals surface area contributed by atoms with E-state index in [2.05, 4.69) is 55.7 Å². The lowest BCUT2D eigenvalue weighted by molar-refractivity contribution is -0.122. The standard InChI is InChI=1S/C28H34N2O2/c1-28(2,3)24-16-10-11-21(17-24)18-29-19-25(31)20-30-27(32)26(22-12-6-4-7-13-22)23-14-8-5-9-15-23/h4-17,25-26,29,31H,18-20H2,1-3H3,(H,30,32). The summed E-state index contributed by atoms with van der Waals surface area (Å²) in [6.45, 7) is 7.87. The second-order valence-electron chi connectivity index (χ2n) is 9.23. The Hall–Kier alpha value is -2.95. The molecule has 0 spiro atoms.